The highest BCUT2D eigenvalue weighted by molar-refractivity contribution is 5.72. The van der Waals surface area contributed by atoms with E-state index in [4.69, 9.17) is 5.73 Å². The molecule has 0 bridgehead atoms. The van der Waals surface area contributed by atoms with Crippen molar-refractivity contribution < 1.29 is 0 Å². The topological polar surface area (TPSA) is 56.7 Å². The Kier molecular flexibility index (Phi) is 5.78. The minimum Gasteiger partial charge on any atom is -0.398 e. The average Bonchev–Trinajstić information content (AvgIpc) is 2.91. The van der Waals surface area contributed by atoms with E-state index in [2.05, 4.69) is 28.4 Å². The molecule has 0 aliphatic carbocycles. The van der Waals surface area contributed by atoms with E-state index < -0.39 is 0 Å². The number of imidazole rings is 1. The first kappa shape index (κ1) is 15.5. The van der Waals surface area contributed by atoms with Gasteiger partial charge in [0.2, 0.25) is 0 Å². The van der Waals surface area contributed by atoms with Crippen molar-refractivity contribution in [3.05, 3.63) is 31.0 Å². The highest BCUT2D eigenvalue weighted by Gasteiger charge is 2.08. The maximum atomic E-state index is 6.02. The van der Waals surface area contributed by atoms with Gasteiger partial charge in [0.25, 0.3) is 0 Å². The van der Waals surface area contributed by atoms with Crippen LogP contribution in [0.2, 0.25) is 0 Å². The number of aryl methyl sites for hydroxylation is 1. The summed E-state index contributed by atoms with van der Waals surface area (Å²) >= 11 is 0. The molecule has 0 spiro atoms. The molecule has 4 nitrogen and oxygen atoms in total. The molecular formula is C17H26N4. The zero-order chi connectivity index (χ0) is 15.1. The van der Waals surface area contributed by atoms with Gasteiger partial charge < -0.3 is 10.3 Å². The average molecular weight is 286 g/mol. The van der Waals surface area contributed by atoms with Crippen LogP contribution in [0.15, 0.2) is 31.0 Å². The highest BCUT2D eigenvalue weighted by Crippen LogP contribution is 2.24. The Labute approximate surface area is 127 Å². The number of pyridine rings is 1. The summed E-state index contributed by atoms with van der Waals surface area (Å²) < 4.78 is 2.18. The standard InChI is InChI=1S/C17H26N4/c1-14(2)7-5-3-4-6-10-21-13-20-12-17(21)15-11-19-9-8-16(15)18/h8-9,11-14H,3-7,10H2,1-2H3,(H2,18,19). The van der Waals surface area contributed by atoms with E-state index in [1.165, 1.54) is 32.1 Å². The summed E-state index contributed by atoms with van der Waals surface area (Å²) in [5.41, 5.74) is 8.80. The van der Waals surface area contributed by atoms with Gasteiger partial charge >= 0.3 is 0 Å². The highest BCUT2D eigenvalue weighted by atomic mass is 15.0. The van der Waals surface area contributed by atoms with Gasteiger partial charge in [-0.15, -0.1) is 0 Å². The first-order valence-corrected chi connectivity index (χ1v) is 7.88. The molecule has 2 heterocycles. The summed E-state index contributed by atoms with van der Waals surface area (Å²) in [5, 5.41) is 0. The third-order valence-electron chi connectivity index (χ3n) is 3.77. The molecule has 0 saturated carbocycles. The van der Waals surface area contributed by atoms with Gasteiger partial charge in [0, 0.05) is 30.2 Å². The van der Waals surface area contributed by atoms with E-state index >= 15 is 0 Å². The number of nitrogen functional groups attached to an aromatic ring is 1. The molecule has 0 aromatic carbocycles. The molecule has 114 valence electrons. The van der Waals surface area contributed by atoms with E-state index in [0.29, 0.717) is 0 Å². The number of nitrogens with two attached hydrogens (primary N) is 1. The van der Waals surface area contributed by atoms with Crippen molar-refractivity contribution in [1.82, 2.24) is 14.5 Å². The van der Waals surface area contributed by atoms with Crippen molar-refractivity contribution in [3.8, 4) is 11.3 Å². The second-order valence-electron chi connectivity index (χ2n) is 6.03. The minimum absolute atomic E-state index is 0.753. The van der Waals surface area contributed by atoms with Crippen LogP contribution < -0.4 is 5.73 Å². The lowest BCUT2D eigenvalue weighted by Gasteiger charge is -2.10. The summed E-state index contributed by atoms with van der Waals surface area (Å²) in [7, 11) is 0. The molecular weight excluding hydrogens is 260 g/mol. The van der Waals surface area contributed by atoms with Gasteiger partial charge in [-0.05, 0) is 18.4 Å². The van der Waals surface area contributed by atoms with Gasteiger partial charge in [-0.2, -0.15) is 0 Å². The second kappa shape index (κ2) is 7.81. The molecule has 4 heteroatoms. The lowest BCUT2D eigenvalue weighted by atomic mass is 10.0. The number of nitrogens with zero attached hydrogens (tertiary/aromatic N) is 3. The Morgan fingerprint density at radius 1 is 1.10 bits per heavy atom. The minimum atomic E-state index is 0.753. The van der Waals surface area contributed by atoms with Crippen LogP contribution in [0.5, 0.6) is 0 Å². The lowest BCUT2D eigenvalue weighted by Crippen LogP contribution is -2.01. The number of anilines is 1. The quantitative estimate of drug-likeness (QED) is 0.742. The van der Waals surface area contributed by atoms with E-state index in [-0.39, 0.29) is 0 Å². The monoisotopic (exact) mass is 286 g/mol. The SMILES string of the molecule is CC(C)CCCCCCn1cncc1-c1cnccc1N. The summed E-state index contributed by atoms with van der Waals surface area (Å²) in [5.74, 6) is 0.818. The Morgan fingerprint density at radius 2 is 1.90 bits per heavy atom. The summed E-state index contributed by atoms with van der Waals surface area (Å²) in [6, 6.07) is 1.83. The molecule has 21 heavy (non-hydrogen) atoms. The molecule has 0 atom stereocenters. The number of hydrogen-bond donors (Lipinski definition) is 1. The Morgan fingerprint density at radius 3 is 2.67 bits per heavy atom. The van der Waals surface area contributed by atoms with Crippen LogP contribution in [-0.4, -0.2) is 14.5 Å². The molecule has 0 radical (unpaired) electrons. The maximum absolute atomic E-state index is 6.02. The summed E-state index contributed by atoms with van der Waals surface area (Å²) in [6.07, 6.45) is 13.7. The first-order valence-electron chi connectivity index (χ1n) is 7.88. The van der Waals surface area contributed by atoms with Gasteiger partial charge in [-0.1, -0.05) is 39.5 Å². The van der Waals surface area contributed by atoms with Crippen LogP contribution in [0.4, 0.5) is 5.69 Å². The van der Waals surface area contributed by atoms with Crippen molar-refractivity contribution in [1.29, 1.82) is 0 Å². The van der Waals surface area contributed by atoms with Gasteiger partial charge in [0.1, 0.15) is 0 Å². The van der Waals surface area contributed by atoms with Gasteiger partial charge in [-0.25, -0.2) is 4.98 Å². The molecule has 2 aromatic heterocycles. The van der Waals surface area contributed by atoms with Crippen LogP contribution in [0.25, 0.3) is 11.3 Å². The summed E-state index contributed by atoms with van der Waals surface area (Å²) in [6.45, 7) is 5.57. The van der Waals surface area contributed by atoms with Crippen LogP contribution >= 0.6 is 0 Å². The van der Waals surface area contributed by atoms with Gasteiger partial charge in [0.05, 0.1) is 18.2 Å². The second-order valence-corrected chi connectivity index (χ2v) is 6.03. The number of rotatable bonds is 8. The Hall–Kier alpha value is -1.84. The third kappa shape index (κ3) is 4.59. The molecule has 2 N–H and O–H groups in total. The largest absolute Gasteiger partial charge is 0.398 e. The molecule has 0 unspecified atom stereocenters. The fourth-order valence-corrected chi connectivity index (χ4v) is 2.53. The van der Waals surface area contributed by atoms with Crippen molar-refractivity contribution in [3.63, 3.8) is 0 Å². The predicted molar refractivity (Wildman–Crippen MR) is 87.8 cm³/mol. The molecule has 0 saturated heterocycles. The normalized spacial score (nSPS) is 11.2. The van der Waals surface area contributed by atoms with Crippen LogP contribution in [0, 0.1) is 5.92 Å². The van der Waals surface area contributed by atoms with Crippen molar-refractivity contribution in [2.24, 2.45) is 5.92 Å². The number of hydrogen-bond acceptors (Lipinski definition) is 3. The van der Waals surface area contributed by atoms with Crippen molar-refractivity contribution in [2.75, 3.05) is 5.73 Å². The van der Waals surface area contributed by atoms with Gasteiger partial charge in [0.15, 0.2) is 0 Å². The molecule has 0 aliphatic rings. The van der Waals surface area contributed by atoms with Crippen molar-refractivity contribution >= 4 is 5.69 Å². The first-order chi connectivity index (χ1) is 10.2. The number of aromatic nitrogens is 3. The van der Waals surface area contributed by atoms with Gasteiger partial charge in [-0.3, -0.25) is 4.98 Å². The predicted octanol–water partition coefficient (Wildman–Crippen LogP) is 4.13. The smallest absolute Gasteiger partial charge is 0.0950 e. The maximum Gasteiger partial charge on any atom is 0.0950 e. The molecule has 0 amide bonds. The van der Waals surface area contributed by atoms with E-state index in [1.807, 2.05) is 24.8 Å². The molecule has 2 rings (SSSR count). The van der Waals surface area contributed by atoms with Crippen LogP contribution in [0.3, 0.4) is 0 Å². The summed E-state index contributed by atoms with van der Waals surface area (Å²) in [4.78, 5) is 8.42. The van der Waals surface area contributed by atoms with Crippen LogP contribution in [-0.2, 0) is 6.54 Å². The van der Waals surface area contributed by atoms with Crippen LogP contribution in [0.1, 0.15) is 46.0 Å². The molecule has 0 aliphatic heterocycles. The molecule has 2 aromatic rings. The molecule has 0 fully saturated rings. The lowest BCUT2D eigenvalue weighted by molar-refractivity contribution is 0.506. The Balaban J connectivity index is 1.86. The fraction of sp³-hybridized carbons (Fsp3) is 0.529. The third-order valence-corrected chi connectivity index (χ3v) is 3.77. The zero-order valence-corrected chi connectivity index (χ0v) is 13.1. The zero-order valence-electron chi connectivity index (χ0n) is 13.1. The van der Waals surface area contributed by atoms with E-state index in [0.717, 1.165) is 29.4 Å². The Bertz CT molecular complexity index is 545. The van der Waals surface area contributed by atoms with E-state index in [9.17, 15) is 0 Å². The van der Waals surface area contributed by atoms with Crippen molar-refractivity contribution in [2.45, 2.75) is 52.5 Å². The number of unbranched alkanes of at least 4 members (excludes halogenated alkanes) is 3. The van der Waals surface area contributed by atoms with E-state index in [1.54, 1.807) is 6.20 Å². The fourth-order valence-electron chi connectivity index (χ4n) is 2.53.